The minimum Gasteiger partial charge on any atom is -0.496 e. The second-order valence-electron chi connectivity index (χ2n) is 6.75. The van der Waals surface area contributed by atoms with Crippen molar-refractivity contribution in [2.45, 2.75) is 45.2 Å². The number of nitrogens with zero attached hydrogens (tertiary/aromatic N) is 1. The van der Waals surface area contributed by atoms with Gasteiger partial charge in [-0.1, -0.05) is 31.5 Å². The molecule has 1 aliphatic heterocycles. The van der Waals surface area contributed by atoms with Crippen LogP contribution in [0.15, 0.2) is 24.3 Å². The van der Waals surface area contributed by atoms with Gasteiger partial charge in [-0.25, -0.2) is 0 Å². The van der Waals surface area contributed by atoms with Gasteiger partial charge in [0.1, 0.15) is 5.75 Å². The monoisotopic (exact) mass is 333 g/mol. The van der Waals surface area contributed by atoms with Gasteiger partial charge >= 0.3 is 0 Å². The molecular formula is C19H31N3O2. The normalized spacial score (nSPS) is 19.3. The molecular weight excluding hydrogens is 302 g/mol. The average molecular weight is 333 g/mol. The molecule has 5 nitrogen and oxygen atoms in total. The molecule has 0 saturated carbocycles. The molecule has 24 heavy (non-hydrogen) atoms. The summed E-state index contributed by atoms with van der Waals surface area (Å²) in [6, 6.07) is 8.07. The first-order chi connectivity index (χ1) is 11.5. The van der Waals surface area contributed by atoms with Crippen molar-refractivity contribution < 1.29 is 9.53 Å². The van der Waals surface area contributed by atoms with Crippen molar-refractivity contribution in [2.24, 2.45) is 11.7 Å². The minimum absolute atomic E-state index is 0.0157. The summed E-state index contributed by atoms with van der Waals surface area (Å²) >= 11 is 0. The van der Waals surface area contributed by atoms with E-state index in [0.29, 0.717) is 6.54 Å². The molecule has 0 aromatic heterocycles. The van der Waals surface area contributed by atoms with E-state index >= 15 is 0 Å². The van der Waals surface area contributed by atoms with E-state index in [0.717, 1.165) is 24.4 Å². The van der Waals surface area contributed by atoms with Crippen LogP contribution in [0.1, 0.15) is 44.7 Å². The molecule has 1 heterocycles. The van der Waals surface area contributed by atoms with E-state index in [9.17, 15) is 4.79 Å². The Morgan fingerprint density at radius 1 is 1.25 bits per heavy atom. The fourth-order valence-corrected chi connectivity index (χ4v) is 3.20. The molecule has 0 radical (unpaired) electrons. The Hall–Kier alpha value is -1.59. The molecule has 3 unspecified atom stereocenters. The topological polar surface area (TPSA) is 67.6 Å². The summed E-state index contributed by atoms with van der Waals surface area (Å²) in [5.74, 6) is 0.703. The van der Waals surface area contributed by atoms with Gasteiger partial charge < -0.3 is 15.8 Å². The average Bonchev–Trinajstić information content (AvgIpc) is 2.62. The van der Waals surface area contributed by atoms with Crippen LogP contribution < -0.4 is 15.8 Å². The van der Waals surface area contributed by atoms with Gasteiger partial charge in [-0.15, -0.1) is 0 Å². The molecule has 1 saturated heterocycles. The fraction of sp³-hybridized carbons (Fsp3) is 0.632. The number of amides is 1. The lowest BCUT2D eigenvalue weighted by molar-refractivity contribution is -0.125. The molecule has 1 aromatic carbocycles. The van der Waals surface area contributed by atoms with E-state index in [1.807, 2.05) is 32.0 Å². The highest BCUT2D eigenvalue weighted by Gasteiger charge is 2.26. The van der Waals surface area contributed by atoms with Crippen LogP contribution >= 0.6 is 0 Å². The third-order valence-electron chi connectivity index (χ3n) is 5.00. The lowest BCUT2D eigenvalue weighted by atomic mass is 9.99. The van der Waals surface area contributed by atoms with Gasteiger partial charge in [0, 0.05) is 24.1 Å². The van der Waals surface area contributed by atoms with E-state index in [-0.39, 0.29) is 23.9 Å². The predicted octanol–water partition coefficient (Wildman–Crippen LogP) is 2.32. The molecule has 1 fully saturated rings. The maximum absolute atomic E-state index is 12.3. The summed E-state index contributed by atoms with van der Waals surface area (Å²) in [6.45, 7) is 6.44. The predicted molar refractivity (Wildman–Crippen MR) is 97.0 cm³/mol. The number of hydrogen-bond donors (Lipinski definition) is 2. The largest absolute Gasteiger partial charge is 0.496 e. The number of carbonyl (C=O) groups is 1. The Bertz CT molecular complexity index is 527. The van der Waals surface area contributed by atoms with Crippen LogP contribution in [0.2, 0.25) is 0 Å². The molecule has 1 aromatic rings. The number of rotatable bonds is 7. The smallest absolute Gasteiger partial charge is 0.224 e. The number of piperidine rings is 1. The number of methoxy groups -OCH3 is 1. The van der Waals surface area contributed by atoms with Crippen LogP contribution in [-0.2, 0) is 4.79 Å². The molecule has 0 spiro atoms. The standard InChI is InChI=1S/C19H31N3O2/c1-14(15(2)20)19(23)21-13-17(22-11-7-4-8-12-22)16-9-5-6-10-18(16)24-3/h5-6,9-10,14-15,17H,4,7-8,11-13,20H2,1-3H3,(H,21,23). The van der Waals surface area contributed by atoms with Crippen molar-refractivity contribution in [2.75, 3.05) is 26.7 Å². The lowest BCUT2D eigenvalue weighted by Crippen LogP contribution is -2.44. The Morgan fingerprint density at radius 2 is 1.92 bits per heavy atom. The summed E-state index contributed by atoms with van der Waals surface area (Å²) < 4.78 is 5.55. The zero-order chi connectivity index (χ0) is 17.5. The molecule has 2 rings (SSSR count). The minimum atomic E-state index is -0.190. The summed E-state index contributed by atoms with van der Waals surface area (Å²) in [5.41, 5.74) is 6.99. The highest BCUT2D eigenvalue weighted by atomic mass is 16.5. The number of para-hydroxylation sites is 1. The molecule has 0 bridgehead atoms. The van der Waals surface area contributed by atoms with Crippen LogP contribution in [0.4, 0.5) is 0 Å². The number of carbonyl (C=O) groups excluding carboxylic acids is 1. The first kappa shape index (κ1) is 18.7. The van der Waals surface area contributed by atoms with Crippen LogP contribution in [0, 0.1) is 5.92 Å². The third-order valence-corrected chi connectivity index (χ3v) is 5.00. The SMILES string of the molecule is COc1ccccc1C(CNC(=O)C(C)C(C)N)N1CCCCC1. The van der Waals surface area contributed by atoms with E-state index in [2.05, 4.69) is 16.3 Å². The molecule has 3 atom stereocenters. The highest BCUT2D eigenvalue weighted by molar-refractivity contribution is 5.79. The first-order valence-corrected chi connectivity index (χ1v) is 8.95. The van der Waals surface area contributed by atoms with Crippen molar-refractivity contribution in [3.8, 4) is 5.75 Å². The van der Waals surface area contributed by atoms with Crippen molar-refractivity contribution >= 4 is 5.91 Å². The van der Waals surface area contributed by atoms with Crippen molar-refractivity contribution in [1.29, 1.82) is 0 Å². The van der Waals surface area contributed by atoms with Gasteiger partial charge in [0.05, 0.1) is 13.2 Å². The van der Waals surface area contributed by atoms with Crippen LogP contribution in [0.25, 0.3) is 0 Å². The molecule has 134 valence electrons. The summed E-state index contributed by atoms with van der Waals surface area (Å²) in [5, 5.41) is 3.09. The van der Waals surface area contributed by atoms with E-state index in [1.54, 1.807) is 7.11 Å². The fourth-order valence-electron chi connectivity index (χ4n) is 3.20. The van der Waals surface area contributed by atoms with Crippen LogP contribution in [0.5, 0.6) is 5.75 Å². The van der Waals surface area contributed by atoms with Gasteiger partial charge in [0.25, 0.3) is 0 Å². The molecule has 3 N–H and O–H groups in total. The Balaban J connectivity index is 2.15. The Kier molecular flexibility index (Phi) is 7.06. The molecule has 5 heteroatoms. The number of likely N-dealkylation sites (tertiary alicyclic amines) is 1. The molecule has 0 aliphatic carbocycles. The summed E-state index contributed by atoms with van der Waals surface area (Å²) in [4.78, 5) is 14.8. The second kappa shape index (κ2) is 9.04. The summed E-state index contributed by atoms with van der Waals surface area (Å²) in [6.07, 6.45) is 3.69. The number of nitrogens with two attached hydrogens (primary N) is 1. The number of hydrogen-bond acceptors (Lipinski definition) is 4. The van der Waals surface area contributed by atoms with Crippen LogP contribution in [-0.4, -0.2) is 43.6 Å². The van der Waals surface area contributed by atoms with Crippen molar-refractivity contribution in [1.82, 2.24) is 10.2 Å². The second-order valence-corrected chi connectivity index (χ2v) is 6.75. The van der Waals surface area contributed by atoms with E-state index in [4.69, 9.17) is 10.5 Å². The zero-order valence-corrected chi connectivity index (χ0v) is 15.1. The number of benzene rings is 1. The maximum Gasteiger partial charge on any atom is 0.224 e. The third kappa shape index (κ3) is 4.71. The van der Waals surface area contributed by atoms with Crippen molar-refractivity contribution in [3.05, 3.63) is 29.8 Å². The summed E-state index contributed by atoms with van der Waals surface area (Å²) in [7, 11) is 1.70. The Labute approximate surface area is 145 Å². The number of nitrogens with one attached hydrogen (secondary N) is 1. The van der Waals surface area contributed by atoms with Crippen LogP contribution in [0.3, 0.4) is 0 Å². The molecule has 1 aliphatic rings. The quantitative estimate of drug-likeness (QED) is 0.803. The number of ether oxygens (including phenoxy) is 1. The highest BCUT2D eigenvalue weighted by Crippen LogP contribution is 2.30. The lowest BCUT2D eigenvalue weighted by Gasteiger charge is -2.35. The van der Waals surface area contributed by atoms with Gasteiger partial charge in [-0.3, -0.25) is 9.69 Å². The van der Waals surface area contributed by atoms with Gasteiger partial charge in [0.15, 0.2) is 0 Å². The van der Waals surface area contributed by atoms with Crippen molar-refractivity contribution in [3.63, 3.8) is 0 Å². The molecule has 1 amide bonds. The first-order valence-electron chi connectivity index (χ1n) is 8.95. The maximum atomic E-state index is 12.3. The van der Waals surface area contributed by atoms with Gasteiger partial charge in [-0.2, -0.15) is 0 Å². The van der Waals surface area contributed by atoms with Gasteiger partial charge in [0.2, 0.25) is 5.91 Å². The van der Waals surface area contributed by atoms with E-state index < -0.39 is 0 Å². The Morgan fingerprint density at radius 3 is 2.54 bits per heavy atom. The van der Waals surface area contributed by atoms with E-state index in [1.165, 1.54) is 19.3 Å². The zero-order valence-electron chi connectivity index (χ0n) is 15.1. The van der Waals surface area contributed by atoms with Gasteiger partial charge in [-0.05, 0) is 38.9 Å².